The first-order valence-electron chi connectivity index (χ1n) is 8.98. The van der Waals surface area contributed by atoms with Crippen LogP contribution in [0.3, 0.4) is 0 Å². The van der Waals surface area contributed by atoms with Crippen molar-refractivity contribution < 1.29 is 14.3 Å². The van der Waals surface area contributed by atoms with E-state index in [1.807, 2.05) is 72.1 Å². The van der Waals surface area contributed by atoms with Crippen LogP contribution in [-0.2, 0) is 4.79 Å². The lowest BCUT2D eigenvalue weighted by Crippen LogP contribution is -2.44. The van der Waals surface area contributed by atoms with Gasteiger partial charge in [-0.2, -0.15) is 0 Å². The van der Waals surface area contributed by atoms with Gasteiger partial charge in [0.05, 0.1) is 6.61 Å². The maximum Gasteiger partial charge on any atom is 0.245 e. The second-order valence-corrected chi connectivity index (χ2v) is 6.33. The van der Waals surface area contributed by atoms with Gasteiger partial charge in [0, 0.05) is 38.3 Å². The molecule has 2 aromatic rings. The van der Waals surface area contributed by atoms with Gasteiger partial charge in [0.2, 0.25) is 5.91 Å². The number of piperidine rings is 1. The molecule has 1 aromatic heterocycles. The van der Waals surface area contributed by atoms with Gasteiger partial charge in [-0.15, -0.1) is 0 Å². The van der Waals surface area contributed by atoms with Crippen LogP contribution in [0.1, 0.15) is 32.7 Å². The highest BCUT2D eigenvalue weighted by Gasteiger charge is 2.27. The van der Waals surface area contributed by atoms with Crippen molar-refractivity contribution in [2.45, 2.75) is 38.8 Å². The Balaban J connectivity index is 1.54. The smallest absolute Gasteiger partial charge is 0.245 e. The number of hydrogen-bond donors (Lipinski definition) is 0. The molecule has 5 heteroatoms. The van der Waals surface area contributed by atoms with Gasteiger partial charge in [-0.3, -0.25) is 4.79 Å². The summed E-state index contributed by atoms with van der Waals surface area (Å²) in [5, 5.41) is 0. The van der Waals surface area contributed by atoms with E-state index in [9.17, 15) is 4.79 Å². The van der Waals surface area contributed by atoms with Crippen molar-refractivity contribution in [3.63, 3.8) is 0 Å². The van der Waals surface area contributed by atoms with Gasteiger partial charge in [0.25, 0.3) is 0 Å². The molecule has 2 heterocycles. The van der Waals surface area contributed by atoms with Crippen molar-refractivity contribution in [1.29, 1.82) is 0 Å². The Morgan fingerprint density at radius 3 is 2.40 bits per heavy atom. The van der Waals surface area contributed by atoms with Gasteiger partial charge in [0.1, 0.15) is 12.1 Å². The third-order valence-corrected chi connectivity index (χ3v) is 4.63. The summed E-state index contributed by atoms with van der Waals surface area (Å²) in [5.41, 5.74) is 0. The van der Waals surface area contributed by atoms with Crippen LogP contribution in [0.5, 0.6) is 11.5 Å². The molecule has 5 nitrogen and oxygen atoms in total. The quantitative estimate of drug-likeness (QED) is 0.807. The molecule has 0 radical (unpaired) electrons. The maximum atomic E-state index is 12.6. The van der Waals surface area contributed by atoms with E-state index < -0.39 is 0 Å². The van der Waals surface area contributed by atoms with Crippen LogP contribution in [0.4, 0.5) is 0 Å². The first kappa shape index (κ1) is 17.4. The molecule has 0 aliphatic carbocycles. The second-order valence-electron chi connectivity index (χ2n) is 6.33. The zero-order valence-corrected chi connectivity index (χ0v) is 14.9. The predicted octanol–water partition coefficient (Wildman–Crippen LogP) is 3.52. The van der Waals surface area contributed by atoms with Crippen LogP contribution < -0.4 is 9.47 Å². The molecule has 0 spiro atoms. The number of amides is 1. The molecule has 25 heavy (non-hydrogen) atoms. The summed E-state index contributed by atoms with van der Waals surface area (Å²) in [7, 11) is 0. The normalized spacial score (nSPS) is 16.5. The number of para-hydroxylation sites is 2. The van der Waals surface area contributed by atoms with E-state index in [1.165, 1.54) is 0 Å². The summed E-state index contributed by atoms with van der Waals surface area (Å²) in [6.45, 7) is 5.98. The highest BCUT2D eigenvalue weighted by atomic mass is 16.5. The molecule has 0 unspecified atom stereocenters. The minimum absolute atomic E-state index is 0.118. The molecule has 1 aliphatic rings. The standard InChI is InChI=1S/C20H26N2O3/c1-3-24-18-8-4-5-9-19(18)25-17-10-14-22(15-11-17)20(23)16(2)21-12-6-7-13-21/h4-9,12-13,16-17H,3,10-11,14-15H2,1-2H3/t16-/m0/s1. The predicted molar refractivity (Wildman–Crippen MR) is 97.0 cm³/mol. The lowest BCUT2D eigenvalue weighted by atomic mass is 10.1. The molecule has 1 aliphatic heterocycles. The Morgan fingerprint density at radius 2 is 1.76 bits per heavy atom. The van der Waals surface area contributed by atoms with Crippen molar-refractivity contribution >= 4 is 5.91 Å². The number of likely N-dealkylation sites (tertiary alicyclic amines) is 1. The molecule has 1 atom stereocenters. The van der Waals surface area contributed by atoms with Crippen molar-refractivity contribution in [3.8, 4) is 11.5 Å². The topological polar surface area (TPSA) is 43.7 Å². The molecular weight excluding hydrogens is 316 g/mol. The van der Waals surface area contributed by atoms with E-state index in [2.05, 4.69) is 0 Å². The number of rotatable bonds is 6. The summed E-state index contributed by atoms with van der Waals surface area (Å²) in [5.74, 6) is 1.74. The molecule has 1 amide bonds. The molecule has 1 saturated heterocycles. The van der Waals surface area contributed by atoms with Gasteiger partial charge in [-0.1, -0.05) is 12.1 Å². The molecule has 0 N–H and O–H groups in total. The first-order valence-corrected chi connectivity index (χ1v) is 8.98. The molecule has 0 saturated carbocycles. The fourth-order valence-corrected chi connectivity index (χ4v) is 3.19. The minimum Gasteiger partial charge on any atom is -0.490 e. The fraction of sp³-hybridized carbons (Fsp3) is 0.450. The van der Waals surface area contributed by atoms with Crippen LogP contribution >= 0.6 is 0 Å². The Labute approximate surface area is 149 Å². The Bertz CT molecular complexity index is 676. The summed E-state index contributed by atoms with van der Waals surface area (Å²) >= 11 is 0. The third-order valence-electron chi connectivity index (χ3n) is 4.63. The second kappa shape index (κ2) is 8.10. The number of ether oxygens (including phenoxy) is 2. The zero-order chi connectivity index (χ0) is 17.6. The van der Waals surface area contributed by atoms with Gasteiger partial charge in [-0.05, 0) is 38.1 Å². The van der Waals surface area contributed by atoms with Gasteiger partial charge >= 0.3 is 0 Å². The highest BCUT2D eigenvalue weighted by Crippen LogP contribution is 2.29. The SMILES string of the molecule is CCOc1ccccc1OC1CCN(C(=O)[C@H](C)n2cccc2)CC1. The number of carbonyl (C=O) groups excluding carboxylic acids is 1. The van der Waals surface area contributed by atoms with E-state index >= 15 is 0 Å². The number of hydrogen-bond acceptors (Lipinski definition) is 3. The number of aromatic nitrogens is 1. The monoisotopic (exact) mass is 342 g/mol. The van der Waals surface area contributed by atoms with Crippen molar-refractivity contribution in [3.05, 3.63) is 48.8 Å². The summed E-state index contributed by atoms with van der Waals surface area (Å²) in [4.78, 5) is 14.6. The van der Waals surface area contributed by atoms with Crippen LogP contribution in [0.25, 0.3) is 0 Å². The highest BCUT2D eigenvalue weighted by molar-refractivity contribution is 5.80. The van der Waals surface area contributed by atoms with Crippen molar-refractivity contribution in [1.82, 2.24) is 9.47 Å². The summed E-state index contributed by atoms with van der Waals surface area (Å²) < 4.78 is 13.7. The third kappa shape index (κ3) is 4.16. The first-order chi connectivity index (χ1) is 12.2. The molecule has 0 bridgehead atoms. The maximum absolute atomic E-state index is 12.6. The molecule has 1 fully saturated rings. The van der Waals surface area contributed by atoms with Gasteiger partial charge in [0.15, 0.2) is 11.5 Å². The molecule has 134 valence electrons. The molecule has 3 rings (SSSR count). The summed E-state index contributed by atoms with van der Waals surface area (Å²) in [6, 6.07) is 11.5. The number of benzene rings is 1. The lowest BCUT2D eigenvalue weighted by Gasteiger charge is -2.34. The minimum atomic E-state index is -0.161. The van der Waals surface area contributed by atoms with E-state index in [4.69, 9.17) is 9.47 Å². The number of carbonyl (C=O) groups is 1. The fourth-order valence-electron chi connectivity index (χ4n) is 3.19. The zero-order valence-electron chi connectivity index (χ0n) is 14.9. The van der Waals surface area contributed by atoms with Crippen LogP contribution in [-0.4, -0.2) is 41.2 Å². The Hall–Kier alpha value is -2.43. The van der Waals surface area contributed by atoms with E-state index in [1.54, 1.807) is 0 Å². The van der Waals surface area contributed by atoms with Crippen molar-refractivity contribution in [2.24, 2.45) is 0 Å². The average Bonchev–Trinajstić information content (AvgIpc) is 3.18. The Morgan fingerprint density at radius 1 is 1.12 bits per heavy atom. The number of nitrogens with zero attached hydrogens (tertiary/aromatic N) is 2. The molecular formula is C20H26N2O3. The van der Waals surface area contributed by atoms with Crippen LogP contribution in [0, 0.1) is 0 Å². The lowest BCUT2D eigenvalue weighted by molar-refractivity contribution is -0.136. The van der Waals surface area contributed by atoms with Gasteiger partial charge < -0.3 is 18.9 Å². The van der Waals surface area contributed by atoms with Crippen LogP contribution in [0.15, 0.2) is 48.8 Å². The van der Waals surface area contributed by atoms with E-state index in [0.717, 1.165) is 37.4 Å². The van der Waals surface area contributed by atoms with E-state index in [0.29, 0.717) is 6.61 Å². The van der Waals surface area contributed by atoms with Crippen molar-refractivity contribution in [2.75, 3.05) is 19.7 Å². The van der Waals surface area contributed by atoms with Gasteiger partial charge in [-0.25, -0.2) is 0 Å². The molecule has 1 aromatic carbocycles. The largest absolute Gasteiger partial charge is 0.490 e. The van der Waals surface area contributed by atoms with Crippen LogP contribution in [0.2, 0.25) is 0 Å². The average molecular weight is 342 g/mol. The Kier molecular flexibility index (Phi) is 5.64. The van der Waals surface area contributed by atoms with E-state index in [-0.39, 0.29) is 18.1 Å². The summed E-state index contributed by atoms with van der Waals surface area (Å²) in [6.07, 6.45) is 5.66.